The molecule has 3 heterocycles. The highest BCUT2D eigenvalue weighted by Gasteiger charge is 2.31. The van der Waals surface area contributed by atoms with Crippen LogP contribution in [0, 0.1) is 11.8 Å². The minimum atomic E-state index is 0.0116. The highest BCUT2D eigenvalue weighted by Crippen LogP contribution is 2.36. The van der Waals surface area contributed by atoms with Gasteiger partial charge in [0.05, 0.1) is 12.1 Å². The Bertz CT molecular complexity index is 692. The number of hydrogen-bond acceptors (Lipinski definition) is 4. The molecular weight excluding hydrogens is 282 g/mol. The number of nitrogens with one attached hydrogen (secondary N) is 1. The van der Waals surface area contributed by atoms with E-state index in [9.17, 15) is 4.79 Å². The molecule has 0 aromatic carbocycles. The summed E-state index contributed by atoms with van der Waals surface area (Å²) < 4.78 is 0.740. The lowest BCUT2D eigenvalue weighted by molar-refractivity contribution is 0.0803. The number of fused-ring (bicyclic) bond motifs is 2. The molecule has 0 radical (unpaired) electrons. The third-order valence-corrected chi connectivity index (χ3v) is 6.02. The van der Waals surface area contributed by atoms with Gasteiger partial charge in [-0.15, -0.1) is 11.3 Å². The van der Waals surface area contributed by atoms with Crippen LogP contribution in [0.1, 0.15) is 37.9 Å². The van der Waals surface area contributed by atoms with E-state index in [1.807, 2.05) is 11.4 Å². The Labute approximate surface area is 128 Å². The molecule has 1 saturated heterocycles. The average molecular weight is 303 g/mol. The lowest BCUT2D eigenvalue weighted by Gasteiger charge is -2.41. The van der Waals surface area contributed by atoms with Crippen molar-refractivity contribution in [2.24, 2.45) is 11.8 Å². The summed E-state index contributed by atoms with van der Waals surface area (Å²) in [5.74, 6) is 2.63. The molecule has 112 valence electrons. The maximum atomic E-state index is 12.0. The number of piperidine rings is 1. The first-order chi connectivity index (χ1) is 10.3. The number of thiophene rings is 1. The van der Waals surface area contributed by atoms with Gasteiger partial charge in [-0.25, -0.2) is 4.98 Å². The molecule has 2 fully saturated rings. The second kappa shape index (κ2) is 5.54. The molecule has 2 aromatic heterocycles. The second-order valence-electron chi connectivity index (χ2n) is 6.48. The summed E-state index contributed by atoms with van der Waals surface area (Å²) in [5, 5.41) is 1.93. The number of H-pyrrole nitrogens is 1. The summed E-state index contributed by atoms with van der Waals surface area (Å²) in [5.41, 5.74) is 0.851. The number of hydrogen-bond donors (Lipinski definition) is 1. The van der Waals surface area contributed by atoms with Gasteiger partial charge in [-0.2, -0.15) is 0 Å². The Hall–Kier alpha value is -1.20. The van der Waals surface area contributed by atoms with Crippen LogP contribution in [0.3, 0.4) is 0 Å². The lowest BCUT2D eigenvalue weighted by atomic mass is 9.75. The highest BCUT2D eigenvalue weighted by molar-refractivity contribution is 7.17. The van der Waals surface area contributed by atoms with Crippen molar-refractivity contribution in [3.8, 4) is 0 Å². The normalized spacial score (nSPS) is 26.9. The highest BCUT2D eigenvalue weighted by atomic mass is 32.1. The van der Waals surface area contributed by atoms with Gasteiger partial charge in [0.1, 0.15) is 10.5 Å². The van der Waals surface area contributed by atoms with Gasteiger partial charge in [-0.3, -0.25) is 9.69 Å². The molecule has 0 bridgehead atoms. The van der Waals surface area contributed by atoms with Crippen molar-refractivity contribution in [3.05, 3.63) is 27.6 Å². The lowest BCUT2D eigenvalue weighted by Crippen LogP contribution is -2.41. The Kier molecular flexibility index (Phi) is 3.55. The van der Waals surface area contributed by atoms with Crippen LogP contribution >= 0.6 is 11.3 Å². The van der Waals surface area contributed by atoms with E-state index in [-0.39, 0.29) is 5.56 Å². The predicted molar refractivity (Wildman–Crippen MR) is 85.6 cm³/mol. The van der Waals surface area contributed by atoms with E-state index in [2.05, 4.69) is 14.9 Å². The second-order valence-corrected chi connectivity index (χ2v) is 7.39. The Morgan fingerprint density at radius 3 is 3.05 bits per heavy atom. The Balaban J connectivity index is 1.50. The molecule has 1 aliphatic carbocycles. The van der Waals surface area contributed by atoms with Gasteiger partial charge in [0.25, 0.3) is 5.56 Å². The SMILES string of the molecule is O=c1[nH]c(CN2CC[C@H]3CCCC[C@H]3C2)nc2ccsc12. The topological polar surface area (TPSA) is 49.0 Å². The predicted octanol–water partition coefficient (Wildman–Crippen LogP) is 3.00. The van der Waals surface area contributed by atoms with Gasteiger partial charge in [0, 0.05) is 6.54 Å². The van der Waals surface area contributed by atoms with Crippen molar-refractivity contribution in [1.29, 1.82) is 0 Å². The van der Waals surface area contributed by atoms with E-state index in [0.717, 1.165) is 41.0 Å². The zero-order valence-electron chi connectivity index (χ0n) is 12.2. The van der Waals surface area contributed by atoms with Crippen molar-refractivity contribution < 1.29 is 0 Å². The molecule has 2 aromatic rings. The Morgan fingerprint density at radius 1 is 1.29 bits per heavy atom. The van der Waals surface area contributed by atoms with E-state index < -0.39 is 0 Å². The van der Waals surface area contributed by atoms with Gasteiger partial charge in [0.2, 0.25) is 0 Å². The fraction of sp³-hybridized carbons (Fsp3) is 0.625. The Morgan fingerprint density at radius 2 is 2.14 bits per heavy atom. The van der Waals surface area contributed by atoms with Gasteiger partial charge >= 0.3 is 0 Å². The number of likely N-dealkylation sites (tertiary alicyclic amines) is 1. The largest absolute Gasteiger partial charge is 0.308 e. The van der Waals surface area contributed by atoms with Gasteiger partial charge in [-0.05, 0) is 42.7 Å². The maximum absolute atomic E-state index is 12.0. The minimum Gasteiger partial charge on any atom is -0.308 e. The number of aromatic nitrogens is 2. The molecule has 5 heteroatoms. The fourth-order valence-corrected chi connectivity index (χ4v) is 4.75. The van der Waals surface area contributed by atoms with Gasteiger partial charge < -0.3 is 4.98 Å². The average Bonchev–Trinajstić information content (AvgIpc) is 2.96. The van der Waals surface area contributed by atoms with Crippen molar-refractivity contribution in [2.45, 2.75) is 38.6 Å². The number of rotatable bonds is 2. The van der Waals surface area contributed by atoms with E-state index in [1.54, 1.807) is 0 Å². The van der Waals surface area contributed by atoms with Crippen molar-refractivity contribution in [1.82, 2.24) is 14.9 Å². The quantitative estimate of drug-likeness (QED) is 0.928. The molecule has 1 aliphatic heterocycles. The van der Waals surface area contributed by atoms with E-state index in [0.29, 0.717) is 0 Å². The van der Waals surface area contributed by atoms with Crippen LogP contribution < -0.4 is 5.56 Å². The minimum absolute atomic E-state index is 0.0116. The molecule has 1 saturated carbocycles. The first kappa shape index (κ1) is 13.5. The molecule has 1 N–H and O–H groups in total. The summed E-state index contributed by atoms with van der Waals surface area (Å²) in [7, 11) is 0. The zero-order valence-corrected chi connectivity index (χ0v) is 13.0. The molecule has 21 heavy (non-hydrogen) atoms. The maximum Gasteiger partial charge on any atom is 0.268 e. The van der Waals surface area contributed by atoms with Crippen LogP contribution in [0.2, 0.25) is 0 Å². The van der Waals surface area contributed by atoms with Gasteiger partial charge in [-0.1, -0.05) is 19.3 Å². The zero-order chi connectivity index (χ0) is 14.2. The molecular formula is C16H21N3OS. The third kappa shape index (κ3) is 2.64. The van der Waals surface area contributed by atoms with E-state index >= 15 is 0 Å². The fourth-order valence-electron chi connectivity index (χ4n) is 4.03. The van der Waals surface area contributed by atoms with Crippen molar-refractivity contribution in [3.63, 3.8) is 0 Å². The van der Waals surface area contributed by atoms with Crippen LogP contribution in [-0.4, -0.2) is 28.0 Å². The first-order valence-corrected chi connectivity index (χ1v) is 8.86. The molecule has 0 amide bonds. The number of aromatic amines is 1. The van der Waals surface area contributed by atoms with Crippen LogP contribution in [0.5, 0.6) is 0 Å². The summed E-state index contributed by atoms with van der Waals surface area (Å²) in [6.07, 6.45) is 6.94. The first-order valence-electron chi connectivity index (χ1n) is 7.98. The van der Waals surface area contributed by atoms with E-state index in [1.165, 1.54) is 50.0 Å². The molecule has 0 unspecified atom stereocenters. The molecule has 2 atom stereocenters. The summed E-state index contributed by atoms with van der Waals surface area (Å²) in [6.45, 7) is 3.10. The molecule has 0 spiro atoms. The third-order valence-electron chi connectivity index (χ3n) is 5.11. The van der Waals surface area contributed by atoms with Crippen LogP contribution in [0.15, 0.2) is 16.2 Å². The van der Waals surface area contributed by atoms with Crippen LogP contribution in [0.4, 0.5) is 0 Å². The molecule has 4 nitrogen and oxygen atoms in total. The molecule has 4 rings (SSSR count). The van der Waals surface area contributed by atoms with E-state index in [4.69, 9.17) is 0 Å². The summed E-state index contributed by atoms with van der Waals surface area (Å²) >= 11 is 1.46. The van der Waals surface area contributed by atoms with Crippen LogP contribution in [-0.2, 0) is 6.54 Å². The van der Waals surface area contributed by atoms with Gasteiger partial charge in [0.15, 0.2) is 0 Å². The van der Waals surface area contributed by atoms with Crippen molar-refractivity contribution in [2.75, 3.05) is 13.1 Å². The standard InChI is InChI=1S/C16H21N3OS/c20-16-15-13(6-8-21-15)17-14(18-16)10-19-7-5-11-3-1-2-4-12(11)9-19/h6,8,11-12H,1-5,7,9-10H2,(H,17,18,20)/t11-,12+/m1/s1. The summed E-state index contributed by atoms with van der Waals surface area (Å²) in [4.78, 5) is 22.1. The number of nitrogens with zero attached hydrogens (tertiary/aromatic N) is 2. The monoisotopic (exact) mass is 303 g/mol. The van der Waals surface area contributed by atoms with Crippen LogP contribution in [0.25, 0.3) is 10.2 Å². The smallest absolute Gasteiger partial charge is 0.268 e. The summed E-state index contributed by atoms with van der Waals surface area (Å²) in [6, 6.07) is 1.94. The molecule has 2 aliphatic rings. The van der Waals surface area contributed by atoms with Crippen molar-refractivity contribution >= 4 is 21.6 Å².